The molecule has 4 nitrogen and oxygen atoms in total. The number of halogens is 2. The predicted octanol–water partition coefficient (Wildman–Crippen LogP) is 2.90. The second-order valence-electron chi connectivity index (χ2n) is 3.81. The first kappa shape index (κ1) is 13.1. The summed E-state index contributed by atoms with van der Waals surface area (Å²) < 4.78 is 0. The highest BCUT2D eigenvalue weighted by atomic mass is 35.5. The van der Waals surface area contributed by atoms with E-state index in [1.165, 1.54) is 6.33 Å². The van der Waals surface area contributed by atoms with Crippen molar-refractivity contribution in [3.63, 3.8) is 0 Å². The van der Waals surface area contributed by atoms with E-state index in [1.807, 2.05) is 24.1 Å². The molecule has 0 aliphatic carbocycles. The zero-order chi connectivity index (χ0) is 13.0. The number of nitrogens with zero attached hydrogens (tertiary/aromatic N) is 4. The Morgan fingerprint density at radius 3 is 2.61 bits per heavy atom. The fraction of sp³-hybridized carbons (Fsp3) is 0.250. The molecule has 2 aromatic rings. The van der Waals surface area contributed by atoms with Crippen molar-refractivity contribution in [3.05, 3.63) is 47.1 Å². The summed E-state index contributed by atoms with van der Waals surface area (Å²) in [5, 5.41) is 0.400. The molecule has 0 spiro atoms. The van der Waals surface area contributed by atoms with Gasteiger partial charge in [0.1, 0.15) is 17.3 Å². The van der Waals surface area contributed by atoms with Gasteiger partial charge in [-0.05, 0) is 17.7 Å². The Kier molecular flexibility index (Phi) is 4.33. The Hall–Kier alpha value is -1.39. The first-order valence-electron chi connectivity index (χ1n) is 5.37. The van der Waals surface area contributed by atoms with Gasteiger partial charge in [0.25, 0.3) is 0 Å². The molecular formula is C12H12Cl2N4. The highest BCUT2D eigenvalue weighted by molar-refractivity contribution is 6.31. The molecule has 2 aromatic heterocycles. The van der Waals surface area contributed by atoms with Crippen LogP contribution in [0.3, 0.4) is 0 Å². The lowest BCUT2D eigenvalue weighted by atomic mass is 10.2. The molecule has 0 fully saturated rings. The van der Waals surface area contributed by atoms with Gasteiger partial charge in [0.15, 0.2) is 0 Å². The van der Waals surface area contributed by atoms with Crippen LogP contribution in [-0.2, 0) is 12.4 Å². The standard InChI is InChI=1S/C12H12Cl2N4/c1-18(7-9-2-4-15-5-3-9)12-10(6-13)11(14)16-8-17-12/h2-5,8H,6-7H2,1H3. The summed E-state index contributed by atoms with van der Waals surface area (Å²) in [5.74, 6) is 1.04. The van der Waals surface area contributed by atoms with Crippen LogP contribution in [0, 0.1) is 0 Å². The number of pyridine rings is 1. The molecule has 2 rings (SSSR count). The Bertz CT molecular complexity index is 519. The van der Waals surface area contributed by atoms with Crippen molar-refractivity contribution in [1.29, 1.82) is 0 Å². The minimum Gasteiger partial charge on any atom is -0.355 e. The Labute approximate surface area is 116 Å². The van der Waals surface area contributed by atoms with Gasteiger partial charge >= 0.3 is 0 Å². The molecule has 0 N–H and O–H groups in total. The SMILES string of the molecule is CN(Cc1ccncc1)c1ncnc(Cl)c1CCl. The van der Waals surface area contributed by atoms with E-state index in [4.69, 9.17) is 23.2 Å². The summed E-state index contributed by atoms with van der Waals surface area (Å²) in [5.41, 5.74) is 1.89. The van der Waals surface area contributed by atoms with Crippen LogP contribution in [-0.4, -0.2) is 22.0 Å². The van der Waals surface area contributed by atoms with Crippen LogP contribution in [0.2, 0.25) is 5.15 Å². The van der Waals surface area contributed by atoms with Crippen LogP contribution in [0.1, 0.15) is 11.1 Å². The maximum absolute atomic E-state index is 6.00. The molecule has 0 radical (unpaired) electrons. The lowest BCUT2D eigenvalue weighted by Crippen LogP contribution is -2.19. The van der Waals surface area contributed by atoms with Gasteiger partial charge < -0.3 is 4.90 Å². The van der Waals surface area contributed by atoms with Crippen molar-refractivity contribution in [1.82, 2.24) is 15.0 Å². The summed E-state index contributed by atoms with van der Waals surface area (Å²) >= 11 is 11.9. The zero-order valence-corrected chi connectivity index (χ0v) is 11.4. The monoisotopic (exact) mass is 282 g/mol. The van der Waals surface area contributed by atoms with E-state index in [-0.39, 0.29) is 5.88 Å². The molecule has 0 unspecified atom stereocenters. The van der Waals surface area contributed by atoms with Gasteiger partial charge in [0.05, 0.1) is 5.88 Å². The van der Waals surface area contributed by atoms with E-state index in [1.54, 1.807) is 12.4 Å². The molecule has 0 aliphatic rings. The maximum atomic E-state index is 6.00. The quantitative estimate of drug-likeness (QED) is 0.639. The molecular weight excluding hydrogens is 271 g/mol. The average molecular weight is 283 g/mol. The summed E-state index contributed by atoms with van der Waals surface area (Å²) in [7, 11) is 1.94. The van der Waals surface area contributed by atoms with Crippen LogP contribution in [0.15, 0.2) is 30.9 Å². The van der Waals surface area contributed by atoms with Crippen molar-refractivity contribution >= 4 is 29.0 Å². The largest absolute Gasteiger partial charge is 0.355 e. The first-order chi connectivity index (χ1) is 8.72. The summed E-state index contributed by atoms with van der Waals surface area (Å²) in [6, 6.07) is 3.92. The molecule has 0 atom stereocenters. The van der Waals surface area contributed by atoms with E-state index >= 15 is 0 Å². The highest BCUT2D eigenvalue weighted by Gasteiger charge is 2.13. The lowest BCUT2D eigenvalue weighted by molar-refractivity contribution is 0.878. The number of aromatic nitrogens is 3. The van der Waals surface area contributed by atoms with E-state index in [9.17, 15) is 0 Å². The zero-order valence-electron chi connectivity index (χ0n) is 9.85. The molecule has 6 heteroatoms. The summed E-state index contributed by atoms with van der Waals surface area (Å²) in [4.78, 5) is 14.1. The normalized spacial score (nSPS) is 10.4. The van der Waals surface area contributed by atoms with Gasteiger partial charge in [-0.1, -0.05) is 11.6 Å². The van der Waals surface area contributed by atoms with Crippen LogP contribution >= 0.6 is 23.2 Å². The Balaban J connectivity index is 2.24. The Morgan fingerprint density at radius 1 is 1.22 bits per heavy atom. The van der Waals surface area contributed by atoms with Crippen molar-refractivity contribution < 1.29 is 0 Å². The fourth-order valence-corrected chi connectivity index (χ4v) is 2.17. The number of alkyl halides is 1. The van der Waals surface area contributed by atoms with Gasteiger partial charge in [-0.2, -0.15) is 0 Å². The van der Waals surface area contributed by atoms with E-state index < -0.39 is 0 Å². The molecule has 0 amide bonds. The number of anilines is 1. The highest BCUT2D eigenvalue weighted by Crippen LogP contribution is 2.25. The molecule has 0 saturated heterocycles. The van der Waals surface area contributed by atoms with Crippen molar-refractivity contribution in [2.24, 2.45) is 0 Å². The van der Waals surface area contributed by atoms with Crippen LogP contribution in [0.25, 0.3) is 0 Å². The second-order valence-corrected chi connectivity index (χ2v) is 4.44. The minimum absolute atomic E-state index is 0.287. The third kappa shape index (κ3) is 2.89. The topological polar surface area (TPSA) is 41.9 Å². The Morgan fingerprint density at radius 2 is 1.94 bits per heavy atom. The van der Waals surface area contributed by atoms with Gasteiger partial charge in [-0.25, -0.2) is 9.97 Å². The van der Waals surface area contributed by atoms with Gasteiger partial charge in [-0.3, -0.25) is 4.98 Å². The molecule has 0 aromatic carbocycles. The van der Waals surface area contributed by atoms with Crippen molar-refractivity contribution in [3.8, 4) is 0 Å². The lowest BCUT2D eigenvalue weighted by Gasteiger charge is -2.20. The third-order valence-corrected chi connectivity index (χ3v) is 3.13. The van der Waals surface area contributed by atoms with Gasteiger partial charge in [0.2, 0.25) is 0 Å². The van der Waals surface area contributed by atoms with E-state index in [0.717, 1.165) is 16.9 Å². The third-order valence-electron chi connectivity index (χ3n) is 2.53. The smallest absolute Gasteiger partial charge is 0.138 e. The minimum atomic E-state index is 0.287. The van der Waals surface area contributed by atoms with Gasteiger partial charge in [0, 0.05) is 31.5 Å². The summed E-state index contributed by atoms with van der Waals surface area (Å²) in [6.45, 7) is 0.708. The number of hydrogen-bond donors (Lipinski definition) is 0. The fourth-order valence-electron chi connectivity index (χ4n) is 1.66. The maximum Gasteiger partial charge on any atom is 0.138 e. The van der Waals surface area contributed by atoms with Crippen molar-refractivity contribution in [2.45, 2.75) is 12.4 Å². The molecule has 0 aliphatic heterocycles. The van der Waals surface area contributed by atoms with Crippen LogP contribution < -0.4 is 4.90 Å². The molecule has 0 saturated carbocycles. The molecule has 2 heterocycles. The average Bonchev–Trinajstić information content (AvgIpc) is 2.39. The number of rotatable bonds is 4. The van der Waals surface area contributed by atoms with Crippen LogP contribution in [0.4, 0.5) is 5.82 Å². The predicted molar refractivity (Wildman–Crippen MR) is 72.9 cm³/mol. The molecule has 94 valence electrons. The van der Waals surface area contributed by atoms with E-state index in [0.29, 0.717) is 11.7 Å². The molecule has 0 bridgehead atoms. The first-order valence-corrected chi connectivity index (χ1v) is 6.29. The summed E-state index contributed by atoms with van der Waals surface area (Å²) in [6.07, 6.45) is 4.97. The van der Waals surface area contributed by atoms with Crippen LogP contribution in [0.5, 0.6) is 0 Å². The molecule has 18 heavy (non-hydrogen) atoms. The number of hydrogen-bond acceptors (Lipinski definition) is 4. The van der Waals surface area contributed by atoms with Gasteiger partial charge in [-0.15, -0.1) is 11.6 Å². The van der Waals surface area contributed by atoms with E-state index in [2.05, 4.69) is 15.0 Å². The second kappa shape index (κ2) is 5.98. The van der Waals surface area contributed by atoms with Crippen molar-refractivity contribution in [2.75, 3.05) is 11.9 Å².